The van der Waals surface area contributed by atoms with Crippen LogP contribution in [0.15, 0.2) is 41.0 Å². The number of nitrogens with zero attached hydrogens (tertiary/aromatic N) is 1. The molecular formula is C12H6BrCl2NO. The van der Waals surface area contributed by atoms with Gasteiger partial charge in [-0.25, -0.2) is 0 Å². The maximum Gasteiger partial charge on any atom is 0.211 e. The standard InChI is InChI=1S/C12H6BrCl2NO/c13-8-2-4-11(16-6-8)12(17)7-1-3-9(14)10(15)5-7/h1-6H. The summed E-state index contributed by atoms with van der Waals surface area (Å²) in [7, 11) is 0. The van der Waals surface area contributed by atoms with Crippen LogP contribution in [0.3, 0.4) is 0 Å². The van der Waals surface area contributed by atoms with E-state index in [9.17, 15) is 4.79 Å². The molecule has 0 N–H and O–H groups in total. The average Bonchev–Trinajstić information content (AvgIpc) is 2.33. The maximum atomic E-state index is 12.0. The van der Waals surface area contributed by atoms with E-state index < -0.39 is 0 Å². The van der Waals surface area contributed by atoms with E-state index in [1.54, 1.807) is 30.5 Å². The third-order valence-corrected chi connectivity index (χ3v) is 3.35. The van der Waals surface area contributed by atoms with Crippen molar-refractivity contribution in [3.8, 4) is 0 Å². The van der Waals surface area contributed by atoms with Gasteiger partial charge in [-0.2, -0.15) is 0 Å². The first-order valence-electron chi connectivity index (χ1n) is 4.69. The van der Waals surface area contributed by atoms with Crippen molar-refractivity contribution in [3.05, 3.63) is 62.3 Å². The fraction of sp³-hybridized carbons (Fsp3) is 0. The number of rotatable bonds is 2. The van der Waals surface area contributed by atoms with Crippen LogP contribution >= 0.6 is 39.1 Å². The molecule has 17 heavy (non-hydrogen) atoms. The first kappa shape index (κ1) is 12.6. The van der Waals surface area contributed by atoms with Gasteiger partial charge in [-0.15, -0.1) is 0 Å². The number of carbonyl (C=O) groups is 1. The van der Waals surface area contributed by atoms with Gasteiger partial charge >= 0.3 is 0 Å². The SMILES string of the molecule is O=C(c1ccc(Cl)c(Cl)c1)c1ccc(Br)cn1. The summed E-state index contributed by atoms with van der Waals surface area (Å²) in [6.45, 7) is 0. The molecule has 0 fully saturated rings. The van der Waals surface area contributed by atoms with Gasteiger partial charge in [-0.3, -0.25) is 9.78 Å². The summed E-state index contributed by atoms with van der Waals surface area (Å²) in [5, 5.41) is 0.779. The summed E-state index contributed by atoms with van der Waals surface area (Å²) in [6, 6.07) is 8.17. The molecule has 2 rings (SSSR count). The molecule has 0 atom stereocenters. The molecule has 0 aliphatic heterocycles. The zero-order valence-electron chi connectivity index (χ0n) is 8.45. The summed E-state index contributed by atoms with van der Waals surface area (Å²) in [4.78, 5) is 16.1. The van der Waals surface area contributed by atoms with Gasteiger partial charge < -0.3 is 0 Å². The normalized spacial score (nSPS) is 10.3. The number of halogens is 3. The molecule has 0 spiro atoms. The van der Waals surface area contributed by atoms with Gasteiger partial charge in [-0.05, 0) is 46.3 Å². The Morgan fingerprint density at radius 3 is 2.47 bits per heavy atom. The van der Waals surface area contributed by atoms with E-state index in [1.807, 2.05) is 0 Å². The Morgan fingerprint density at radius 2 is 1.88 bits per heavy atom. The Kier molecular flexibility index (Phi) is 3.82. The van der Waals surface area contributed by atoms with E-state index in [-0.39, 0.29) is 5.78 Å². The molecule has 1 aromatic carbocycles. The smallest absolute Gasteiger partial charge is 0.211 e. The number of carbonyl (C=O) groups excluding carboxylic acids is 1. The number of hydrogen-bond donors (Lipinski definition) is 0. The molecule has 0 unspecified atom stereocenters. The molecule has 0 aliphatic rings. The highest BCUT2D eigenvalue weighted by molar-refractivity contribution is 9.10. The number of ketones is 1. The lowest BCUT2D eigenvalue weighted by Crippen LogP contribution is -2.03. The third kappa shape index (κ3) is 2.86. The van der Waals surface area contributed by atoms with Crippen molar-refractivity contribution >= 4 is 44.9 Å². The number of hydrogen-bond acceptors (Lipinski definition) is 2. The molecule has 1 heterocycles. The fourth-order valence-corrected chi connectivity index (χ4v) is 1.83. The Hall–Kier alpha value is -0.900. The molecular weight excluding hydrogens is 325 g/mol. The molecule has 1 aromatic heterocycles. The van der Waals surface area contributed by atoms with Gasteiger partial charge in [0.2, 0.25) is 5.78 Å². The Balaban J connectivity index is 2.37. The lowest BCUT2D eigenvalue weighted by Gasteiger charge is -2.02. The van der Waals surface area contributed by atoms with Crippen LogP contribution in [0.2, 0.25) is 10.0 Å². The first-order valence-corrected chi connectivity index (χ1v) is 6.24. The Morgan fingerprint density at radius 1 is 1.12 bits per heavy atom. The summed E-state index contributed by atoms with van der Waals surface area (Å²) in [6.07, 6.45) is 1.57. The summed E-state index contributed by atoms with van der Waals surface area (Å²) in [5.41, 5.74) is 0.834. The molecule has 0 bridgehead atoms. The molecule has 0 amide bonds. The molecule has 2 aromatic rings. The van der Waals surface area contributed by atoms with E-state index in [4.69, 9.17) is 23.2 Å². The predicted octanol–water partition coefficient (Wildman–Crippen LogP) is 4.38. The third-order valence-electron chi connectivity index (χ3n) is 2.14. The molecule has 0 saturated heterocycles. The summed E-state index contributed by atoms with van der Waals surface area (Å²) in [5.74, 6) is -0.184. The van der Waals surface area contributed by atoms with Gasteiger partial charge in [0.05, 0.1) is 10.0 Å². The molecule has 5 heteroatoms. The lowest BCUT2D eigenvalue weighted by molar-refractivity contribution is 0.103. The molecule has 2 nitrogen and oxygen atoms in total. The van der Waals surface area contributed by atoms with Crippen LogP contribution < -0.4 is 0 Å². The van der Waals surface area contributed by atoms with Crippen LogP contribution in [-0.2, 0) is 0 Å². The molecule has 0 aliphatic carbocycles. The highest BCUT2D eigenvalue weighted by Gasteiger charge is 2.11. The second-order valence-corrected chi connectivity index (χ2v) is 5.05. The Bertz CT molecular complexity index is 569. The second-order valence-electron chi connectivity index (χ2n) is 3.32. The highest BCUT2D eigenvalue weighted by atomic mass is 79.9. The van der Waals surface area contributed by atoms with Crippen LogP contribution in [0.4, 0.5) is 0 Å². The van der Waals surface area contributed by atoms with Crippen molar-refractivity contribution in [1.82, 2.24) is 4.98 Å². The fourth-order valence-electron chi connectivity index (χ4n) is 1.30. The van der Waals surface area contributed by atoms with Crippen molar-refractivity contribution in [2.24, 2.45) is 0 Å². The van der Waals surface area contributed by atoms with Crippen LogP contribution in [-0.4, -0.2) is 10.8 Å². The molecule has 0 saturated carbocycles. The van der Waals surface area contributed by atoms with Crippen LogP contribution in [0.25, 0.3) is 0 Å². The van der Waals surface area contributed by atoms with Crippen molar-refractivity contribution in [2.75, 3.05) is 0 Å². The minimum absolute atomic E-state index is 0.184. The van der Waals surface area contributed by atoms with Crippen LogP contribution in [0.1, 0.15) is 16.1 Å². The number of benzene rings is 1. The maximum absolute atomic E-state index is 12.0. The largest absolute Gasteiger partial charge is 0.287 e. The minimum atomic E-state index is -0.184. The second kappa shape index (κ2) is 5.17. The van der Waals surface area contributed by atoms with Crippen molar-refractivity contribution in [3.63, 3.8) is 0 Å². The molecule has 86 valence electrons. The van der Waals surface area contributed by atoms with Crippen LogP contribution in [0, 0.1) is 0 Å². The monoisotopic (exact) mass is 329 g/mol. The summed E-state index contributed by atoms with van der Waals surface area (Å²) < 4.78 is 0.822. The predicted molar refractivity (Wildman–Crippen MR) is 71.8 cm³/mol. The highest BCUT2D eigenvalue weighted by Crippen LogP contribution is 2.23. The molecule has 0 radical (unpaired) electrons. The van der Waals surface area contributed by atoms with Gasteiger partial charge in [0, 0.05) is 16.2 Å². The minimum Gasteiger partial charge on any atom is -0.287 e. The van der Waals surface area contributed by atoms with E-state index in [0.717, 1.165) is 4.47 Å². The van der Waals surface area contributed by atoms with E-state index >= 15 is 0 Å². The van der Waals surface area contributed by atoms with Crippen molar-refractivity contribution < 1.29 is 4.79 Å². The number of aromatic nitrogens is 1. The van der Waals surface area contributed by atoms with E-state index in [1.165, 1.54) is 6.07 Å². The van der Waals surface area contributed by atoms with Gasteiger partial charge in [0.1, 0.15) is 5.69 Å². The quantitative estimate of drug-likeness (QED) is 0.765. The van der Waals surface area contributed by atoms with Gasteiger partial charge in [-0.1, -0.05) is 23.2 Å². The van der Waals surface area contributed by atoms with Crippen molar-refractivity contribution in [2.45, 2.75) is 0 Å². The summed E-state index contributed by atoms with van der Waals surface area (Å²) >= 11 is 14.9. The van der Waals surface area contributed by atoms with Gasteiger partial charge in [0.15, 0.2) is 0 Å². The van der Waals surface area contributed by atoms with Crippen LogP contribution in [0.5, 0.6) is 0 Å². The first-order chi connectivity index (χ1) is 8.08. The zero-order chi connectivity index (χ0) is 12.4. The average molecular weight is 331 g/mol. The lowest BCUT2D eigenvalue weighted by atomic mass is 10.1. The van der Waals surface area contributed by atoms with E-state index in [2.05, 4.69) is 20.9 Å². The topological polar surface area (TPSA) is 30.0 Å². The Labute approximate surface area is 117 Å². The van der Waals surface area contributed by atoms with Crippen molar-refractivity contribution in [1.29, 1.82) is 0 Å². The van der Waals surface area contributed by atoms with Gasteiger partial charge in [0.25, 0.3) is 0 Å². The van der Waals surface area contributed by atoms with E-state index in [0.29, 0.717) is 21.3 Å². The number of pyridine rings is 1. The zero-order valence-corrected chi connectivity index (χ0v) is 11.6.